The van der Waals surface area contributed by atoms with Crippen LogP contribution in [0.1, 0.15) is 23.4 Å². The second kappa shape index (κ2) is 6.97. The number of carbonyl (C=O) groups is 1. The van der Waals surface area contributed by atoms with Crippen LogP contribution in [0.2, 0.25) is 5.02 Å². The molecule has 5 nitrogen and oxygen atoms in total. The largest absolute Gasteiger partial charge is 0.451 e. The van der Waals surface area contributed by atoms with Crippen molar-refractivity contribution in [1.29, 1.82) is 0 Å². The Labute approximate surface area is 145 Å². The van der Waals surface area contributed by atoms with Gasteiger partial charge in [0.1, 0.15) is 11.9 Å². The van der Waals surface area contributed by atoms with E-state index in [0.29, 0.717) is 17.2 Å². The average molecular weight is 350 g/mol. The van der Waals surface area contributed by atoms with Crippen molar-refractivity contribution in [2.45, 2.75) is 31.1 Å². The fraction of sp³-hybridized carbons (Fsp3) is 0.389. The molecule has 1 aliphatic carbocycles. The first-order valence-corrected chi connectivity index (χ1v) is 8.23. The highest BCUT2D eigenvalue weighted by Crippen LogP contribution is 2.28. The summed E-state index contributed by atoms with van der Waals surface area (Å²) in [4.78, 5) is 14.2. The number of benzene rings is 1. The van der Waals surface area contributed by atoms with Crippen molar-refractivity contribution in [1.82, 2.24) is 4.90 Å². The number of rotatable bonds is 4. The Morgan fingerprint density at radius 3 is 2.58 bits per heavy atom. The van der Waals surface area contributed by atoms with Gasteiger partial charge >= 0.3 is 0 Å². The molecular weight excluding hydrogens is 330 g/mol. The number of halogens is 1. The van der Waals surface area contributed by atoms with E-state index in [1.807, 2.05) is 12.1 Å². The van der Waals surface area contributed by atoms with E-state index >= 15 is 0 Å². The van der Waals surface area contributed by atoms with Gasteiger partial charge in [0.25, 0.3) is 5.91 Å². The molecule has 0 radical (unpaired) electrons. The van der Waals surface area contributed by atoms with Gasteiger partial charge in [-0.1, -0.05) is 11.6 Å². The van der Waals surface area contributed by atoms with Gasteiger partial charge in [0, 0.05) is 24.7 Å². The summed E-state index contributed by atoms with van der Waals surface area (Å²) in [5.41, 5.74) is 0.849. The number of aliphatic hydroxyl groups excluding tert-OH is 1. The first-order valence-electron chi connectivity index (χ1n) is 7.85. The Balaban J connectivity index is 1.75. The van der Waals surface area contributed by atoms with Crippen molar-refractivity contribution >= 4 is 17.5 Å². The maximum absolute atomic E-state index is 12.6. The first-order chi connectivity index (χ1) is 11.5. The van der Waals surface area contributed by atoms with Gasteiger partial charge < -0.3 is 19.2 Å². The van der Waals surface area contributed by atoms with Crippen molar-refractivity contribution < 1.29 is 19.1 Å². The number of amides is 1. The standard InChI is InChI=1S/C18H20ClNO4/c1-20(13-7-8-15(23-2)17(13)21)18(22)16-10-9-14(24-16)11-3-5-12(19)6-4-11/h3-6,9-10,13,15,17,21H,7-8H2,1-2H3/t13-,15-,17-/m1/s1. The third kappa shape index (κ3) is 3.20. The van der Waals surface area contributed by atoms with Crippen LogP contribution in [-0.4, -0.2) is 48.3 Å². The second-order valence-electron chi connectivity index (χ2n) is 6.00. The lowest BCUT2D eigenvalue weighted by atomic mass is 10.1. The zero-order chi connectivity index (χ0) is 17.3. The fourth-order valence-corrected chi connectivity index (χ4v) is 3.28. The highest BCUT2D eigenvalue weighted by Gasteiger charge is 2.39. The molecule has 0 aliphatic heterocycles. The Morgan fingerprint density at radius 2 is 1.96 bits per heavy atom. The lowest BCUT2D eigenvalue weighted by Gasteiger charge is -2.27. The molecule has 1 N–H and O–H groups in total. The predicted molar refractivity (Wildman–Crippen MR) is 91.1 cm³/mol. The molecule has 1 aliphatic rings. The molecule has 6 heteroatoms. The molecule has 0 bridgehead atoms. The van der Waals surface area contributed by atoms with E-state index in [9.17, 15) is 9.90 Å². The van der Waals surface area contributed by atoms with Crippen LogP contribution in [0, 0.1) is 0 Å². The molecule has 2 aromatic rings. The summed E-state index contributed by atoms with van der Waals surface area (Å²) in [6.45, 7) is 0. The molecule has 24 heavy (non-hydrogen) atoms. The number of carbonyl (C=O) groups excluding carboxylic acids is 1. The molecule has 1 saturated carbocycles. The van der Waals surface area contributed by atoms with Gasteiger partial charge in [0.05, 0.1) is 12.1 Å². The lowest BCUT2D eigenvalue weighted by Crippen LogP contribution is -2.44. The van der Waals surface area contributed by atoms with Gasteiger partial charge in [-0.05, 0) is 49.2 Å². The maximum Gasteiger partial charge on any atom is 0.289 e. The Hall–Kier alpha value is -1.82. The molecule has 1 heterocycles. The number of methoxy groups -OCH3 is 1. The number of nitrogens with zero attached hydrogens (tertiary/aromatic N) is 1. The predicted octanol–water partition coefficient (Wildman–Crippen LogP) is 3.21. The summed E-state index contributed by atoms with van der Waals surface area (Å²) in [7, 11) is 3.25. The number of aliphatic hydroxyl groups is 1. The van der Waals surface area contributed by atoms with Crippen molar-refractivity contribution in [3.63, 3.8) is 0 Å². The van der Waals surface area contributed by atoms with Crippen LogP contribution >= 0.6 is 11.6 Å². The zero-order valence-electron chi connectivity index (χ0n) is 13.6. The van der Waals surface area contributed by atoms with Crippen LogP contribution in [-0.2, 0) is 4.74 Å². The summed E-state index contributed by atoms with van der Waals surface area (Å²) >= 11 is 5.88. The summed E-state index contributed by atoms with van der Waals surface area (Å²) < 4.78 is 10.9. The zero-order valence-corrected chi connectivity index (χ0v) is 14.4. The van der Waals surface area contributed by atoms with E-state index in [0.717, 1.165) is 12.0 Å². The quantitative estimate of drug-likeness (QED) is 0.920. The molecule has 0 saturated heterocycles. The Bertz CT molecular complexity index is 712. The Morgan fingerprint density at radius 1 is 1.25 bits per heavy atom. The van der Waals surface area contributed by atoms with Crippen LogP contribution in [0.5, 0.6) is 0 Å². The molecule has 0 spiro atoms. The van der Waals surface area contributed by atoms with Gasteiger partial charge in [-0.2, -0.15) is 0 Å². The minimum Gasteiger partial charge on any atom is -0.451 e. The molecular formula is C18H20ClNO4. The van der Waals surface area contributed by atoms with E-state index in [4.69, 9.17) is 20.8 Å². The van der Waals surface area contributed by atoms with Gasteiger partial charge in [-0.3, -0.25) is 4.79 Å². The van der Waals surface area contributed by atoms with Gasteiger partial charge in [-0.15, -0.1) is 0 Å². The molecule has 3 atom stereocenters. The molecule has 1 fully saturated rings. The molecule has 128 valence electrons. The summed E-state index contributed by atoms with van der Waals surface area (Å²) in [6, 6.07) is 10.4. The van der Waals surface area contributed by atoms with E-state index in [-0.39, 0.29) is 23.8 Å². The van der Waals surface area contributed by atoms with Crippen LogP contribution in [0.25, 0.3) is 11.3 Å². The highest BCUT2D eigenvalue weighted by molar-refractivity contribution is 6.30. The van der Waals surface area contributed by atoms with Crippen LogP contribution in [0.15, 0.2) is 40.8 Å². The summed E-state index contributed by atoms with van der Waals surface area (Å²) in [5.74, 6) is 0.594. The number of likely N-dealkylation sites (N-methyl/N-ethyl adjacent to an activating group) is 1. The van der Waals surface area contributed by atoms with Crippen LogP contribution in [0.4, 0.5) is 0 Å². The minimum atomic E-state index is -0.686. The number of hydrogen-bond acceptors (Lipinski definition) is 4. The highest BCUT2D eigenvalue weighted by atomic mass is 35.5. The monoisotopic (exact) mass is 349 g/mol. The number of ether oxygens (including phenoxy) is 1. The van der Waals surface area contributed by atoms with Crippen LogP contribution in [0.3, 0.4) is 0 Å². The van der Waals surface area contributed by atoms with Crippen molar-refractivity contribution in [3.8, 4) is 11.3 Å². The van der Waals surface area contributed by atoms with Gasteiger partial charge in [-0.25, -0.2) is 0 Å². The fourth-order valence-electron chi connectivity index (χ4n) is 3.15. The summed E-state index contributed by atoms with van der Waals surface area (Å²) in [5, 5.41) is 10.9. The SMILES string of the molecule is CO[C@@H]1CC[C@@H](N(C)C(=O)c2ccc(-c3ccc(Cl)cc3)o2)[C@H]1O. The van der Waals surface area contributed by atoms with Crippen molar-refractivity contribution in [2.75, 3.05) is 14.2 Å². The topological polar surface area (TPSA) is 62.9 Å². The van der Waals surface area contributed by atoms with E-state index in [1.54, 1.807) is 38.4 Å². The molecule has 3 rings (SSSR count). The smallest absolute Gasteiger partial charge is 0.289 e. The van der Waals surface area contributed by atoms with Gasteiger partial charge in [0.2, 0.25) is 0 Å². The lowest BCUT2D eigenvalue weighted by molar-refractivity contribution is -0.0160. The molecule has 1 amide bonds. The van der Waals surface area contributed by atoms with Crippen LogP contribution < -0.4 is 0 Å². The third-order valence-electron chi connectivity index (χ3n) is 4.59. The number of hydrogen-bond donors (Lipinski definition) is 1. The molecule has 1 aromatic heterocycles. The van der Waals surface area contributed by atoms with Crippen molar-refractivity contribution in [3.05, 3.63) is 47.2 Å². The maximum atomic E-state index is 12.6. The third-order valence-corrected chi connectivity index (χ3v) is 4.84. The number of furan rings is 1. The normalized spacial score (nSPS) is 23.4. The van der Waals surface area contributed by atoms with Crippen molar-refractivity contribution in [2.24, 2.45) is 0 Å². The molecule has 0 unspecified atom stereocenters. The summed E-state index contributed by atoms with van der Waals surface area (Å²) in [6.07, 6.45) is 0.516. The molecule has 1 aromatic carbocycles. The second-order valence-corrected chi connectivity index (χ2v) is 6.43. The van der Waals surface area contributed by atoms with Gasteiger partial charge in [0.15, 0.2) is 5.76 Å². The van der Waals surface area contributed by atoms with E-state index < -0.39 is 6.10 Å². The first kappa shape index (κ1) is 17.0. The van der Waals surface area contributed by atoms with E-state index in [1.165, 1.54) is 4.90 Å². The minimum absolute atomic E-state index is 0.230. The Kier molecular flexibility index (Phi) is 4.94. The average Bonchev–Trinajstić information content (AvgIpc) is 3.21. The van der Waals surface area contributed by atoms with E-state index in [2.05, 4.69) is 0 Å².